The normalized spacial score (nSPS) is 10.3. The second-order valence-electron chi connectivity index (χ2n) is 2.45. The monoisotopic (exact) mass is 203 g/mol. The molecule has 1 heterocycles. The molecule has 0 saturated heterocycles. The van der Waals surface area contributed by atoms with E-state index in [1.54, 1.807) is 0 Å². The zero-order valence-electron chi connectivity index (χ0n) is 7.21. The van der Waals surface area contributed by atoms with Crippen LogP contribution in [0.2, 0.25) is 0 Å². The fourth-order valence-corrected chi connectivity index (χ4v) is 1.05. The average molecular weight is 203 g/mol. The number of rotatable bonds is 3. The highest BCUT2D eigenvalue weighted by atomic mass is 19.3. The molecule has 0 fully saturated rings. The highest BCUT2D eigenvalue weighted by Gasteiger charge is 2.19. The predicted octanol–water partition coefficient (Wildman–Crippen LogP) is 1.13. The number of ether oxygens (including phenoxy) is 1. The number of H-pyrrole nitrogens is 1. The van der Waals surface area contributed by atoms with Crippen molar-refractivity contribution in [2.24, 2.45) is 0 Å². The molecular weight excluding hydrogens is 196 g/mol. The Morgan fingerprint density at radius 2 is 2.21 bits per heavy atom. The van der Waals surface area contributed by atoms with Crippen LogP contribution in [0.1, 0.15) is 22.5 Å². The van der Waals surface area contributed by atoms with Crippen LogP contribution in [-0.2, 0) is 0 Å². The molecule has 0 aliphatic carbocycles. The van der Waals surface area contributed by atoms with Gasteiger partial charge in [-0.3, -0.25) is 9.59 Å². The molecular formula is C8H7F2NO3. The van der Waals surface area contributed by atoms with E-state index < -0.39 is 23.2 Å². The Kier molecular flexibility index (Phi) is 2.95. The zero-order chi connectivity index (χ0) is 10.7. The smallest absolute Gasteiger partial charge is 0.269 e. The molecule has 76 valence electrons. The summed E-state index contributed by atoms with van der Waals surface area (Å²) in [6.07, 6.45) is -2.72. The minimum Gasteiger partial charge on any atom is -0.496 e. The minimum atomic E-state index is -2.87. The lowest BCUT2D eigenvalue weighted by molar-refractivity contribution is 0.109. The Labute approximate surface area is 77.5 Å². The molecule has 4 nitrogen and oxygen atoms in total. The van der Waals surface area contributed by atoms with E-state index in [0.29, 0.717) is 0 Å². The van der Waals surface area contributed by atoms with Crippen LogP contribution >= 0.6 is 0 Å². The summed E-state index contributed by atoms with van der Waals surface area (Å²) in [6.45, 7) is 0. The second-order valence-corrected chi connectivity index (χ2v) is 2.45. The molecule has 0 radical (unpaired) electrons. The molecule has 1 aromatic heterocycles. The number of nitrogens with one attached hydrogen (secondary N) is 1. The summed E-state index contributed by atoms with van der Waals surface area (Å²) in [5.74, 6) is -0.286. The molecule has 0 spiro atoms. The van der Waals surface area contributed by atoms with Crippen LogP contribution < -0.4 is 10.3 Å². The molecule has 0 aliphatic heterocycles. The first-order chi connectivity index (χ1) is 6.60. The van der Waals surface area contributed by atoms with E-state index in [-0.39, 0.29) is 12.0 Å². The van der Waals surface area contributed by atoms with Crippen molar-refractivity contribution < 1.29 is 18.3 Å². The number of carbonyl (C=O) groups is 1. The van der Waals surface area contributed by atoms with Gasteiger partial charge in [0.05, 0.1) is 18.4 Å². The van der Waals surface area contributed by atoms with Crippen molar-refractivity contribution in [3.63, 3.8) is 0 Å². The number of methoxy groups -OCH3 is 1. The van der Waals surface area contributed by atoms with Gasteiger partial charge in [0, 0.05) is 6.07 Å². The van der Waals surface area contributed by atoms with Crippen molar-refractivity contribution in [2.75, 3.05) is 7.11 Å². The van der Waals surface area contributed by atoms with E-state index in [9.17, 15) is 18.4 Å². The SMILES string of the molecule is COc1cc(=O)[nH]c(C=O)c1C(F)F. The summed E-state index contributed by atoms with van der Waals surface area (Å²) in [7, 11) is 1.15. The van der Waals surface area contributed by atoms with Gasteiger partial charge in [0.25, 0.3) is 12.0 Å². The van der Waals surface area contributed by atoms with E-state index >= 15 is 0 Å². The van der Waals surface area contributed by atoms with Crippen LogP contribution in [0, 0.1) is 0 Å². The number of aldehydes is 1. The molecule has 0 bridgehead atoms. The Bertz CT molecular complexity index is 400. The van der Waals surface area contributed by atoms with Crippen LogP contribution in [0.15, 0.2) is 10.9 Å². The highest BCUT2D eigenvalue weighted by molar-refractivity contribution is 5.75. The van der Waals surface area contributed by atoms with E-state index in [1.165, 1.54) is 0 Å². The summed E-state index contributed by atoms with van der Waals surface area (Å²) < 4.78 is 29.4. The molecule has 0 atom stereocenters. The molecule has 0 aromatic carbocycles. The van der Waals surface area contributed by atoms with Gasteiger partial charge in [-0.1, -0.05) is 0 Å². The van der Waals surface area contributed by atoms with Gasteiger partial charge in [-0.2, -0.15) is 0 Å². The second kappa shape index (κ2) is 3.99. The number of hydrogen-bond acceptors (Lipinski definition) is 3. The summed E-state index contributed by atoms with van der Waals surface area (Å²) in [6, 6.07) is 0.870. The zero-order valence-corrected chi connectivity index (χ0v) is 7.21. The van der Waals surface area contributed by atoms with Crippen LogP contribution in [0.3, 0.4) is 0 Å². The van der Waals surface area contributed by atoms with Gasteiger partial charge < -0.3 is 9.72 Å². The van der Waals surface area contributed by atoms with E-state index in [1.807, 2.05) is 4.98 Å². The third kappa shape index (κ3) is 1.78. The van der Waals surface area contributed by atoms with E-state index in [4.69, 9.17) is 0 Å². The number of pyridine rings is 1. The molecule has 1 N–H and O–H groups in total. The van der Waals surface area contributed by atoms with Gasteiger partial charge in [-0.15, -0.1) is 0 Å². The van der Waals surface area contributed by atoms with Crippen molar-refractivity contribution in [1.29, 1.82) is 0 Å². The number of hydrogen-bond donors (Lipinski definition) is 1. The highest BCUT2D eigenvalue weighted by Crippen LogP contribution is 2.28. The van der Waals surface area contributed by atoms with Crippen LogP contribution in [0.4, 0.5) is 8.78 Å². The first-order valence-corrected chi connectivity index (χ1v) is 3.64. The lowest BCUT2D eigenvalue weighted by Gasteiger charge is -2.08. The van der Waals surface area contributed by atoms with Crippen molar-refractivity contribution in [2.45, 2.75) is 6.43 Å². The Hall–Kier alpha value is -1.72. The predicted molar refractivity (Wildman–Crippen MR) is 44.0 cm³/mol. The summed E-state index contributed by atoms with van der Waals surface area (Å²) in [4.78, 5) is 23.3. The fourth-order valence-electron chi connectivity index (χ4n) is 1.05. The Morgan fingerprint density at radius 1 is 1.57 bits per heavy atom. The lowest BCUT2D eigenvalue weighted by Crippen LogP contribution is -2.12. The quantitative estimate of drug-likeness (QED) is 0.749. The van der Waals surface area contributed by atoms with Crippen LogP contribution in [-0.4, -0.2) is 18.4 Å². The van der Waals surface area contributed by atoms with E-state index in [0.717, 1.165) is 13.2 Å². The number of halogens is 2. The first kappa shape index (κ1) is 10.4. The summed E-state index contributed by atoms with van der Waals surface area (Å²) in [5, 5.41) is 0. The van der Waals surface area contributed by atoms with E-state index in [2.05, 4.69) is 4.74 Å². The average Bonchev–Trinajstić information content (AvgIpc) is 2.15. The van der Waals surface area contributed by atoms with Crippen molar-refractivity contribution in [1.82, 2.24) is 4.98 Å². The Balaban J connectivity index is 3.48. The molecule has 0 unspecified atom stereocenters. The Morgan fingerprint density at radius 3 is 2.64 bits per heavy atom. The third-order valence-electron chi connectivity index (χ3n) is 1.63. The van der Waals surface area contributed by atoms with Gasteiger partial charge in [0.2, 0.25) is 0 Å². The molecule has 0 amide bonds. The molecule has 14 heavy (non-hydrogen) atoms. The molecule has 0 aliphatic rings. The largest absolute Gasteiger partial charge is 0.496 e. The standard InChI is InChI=1S/C8H7F2NO3/c1-14-5-2-6(13)11-4(3-12)7(5)8(9)10/h2-3,8H,1H3,(H,11,13). The van der Waals surface area contributed by atoms with Gasteiger partial charge in [0.15, 0.2) is 6.29 Å². The first-order valence-electron chi connectivity index (χ1n) is 3.64. The van der Waals surface area contributed by atoms with Gasteiger partial charge >= 0.3 is 0 Å². The maximum atomic E-state index is 12.4. The van der Waals surface area contributed by atoms with Gasteiger partial charge in [-0.05, 0) is 0 Å². The molecule has 1 rings (SSSR count). The molecule has 0 saturated carbocycles. The fraction of sp³-hybridized carbons (Fsp3) is 0.250. The number of carbonyl (C=O) groups excluding carboxylic acids is 1. The molecule has 6 heteroatoms. The lowest BCUT2D eigenvalue weighted by atomic mass is 10.2. The summed E-state index contributed by atoms with van der Waals surface area (Å²) >= 11 is 0. The van der Waals surface area contributed by atoms with Gasteiger partial charge in [-0.25, -0.2) is 8.78 Å². The van der Waals surface area contributed by atoms with Crippen molar-refractivity contribution in [3.05, 3.63) is 27.7 Å². The van der Waals surface area contributed by atoms with Gasteiger partial charge in [0.1, 0.15) is 5.75 Å². The van der Waals surface area contributed by atoms with Crippen molar-refractivity contribution >= 4 is 6.29 Å². The topological polar surface area (TPSA) is 59.2 Å². The maximum Gasteiger partial charge on any atom is 0.269 e. The minimum absolute atomic E-state index is 0.158. The number of aromatic nitrogens is 1. The van der Waals surface area contributed by atoms with Crippen molar-refractivity contribution in [3.8, 4) is 5.75 Å². The maximum absolute atomic E-state index is 12.4. The van der Waals surface area contributed by atoms with Crippen LogP contribution in [0.5, 0.6) is 5.75 Å². The number of alkyl halides is 2. The van der Waals surface area contributed by atoms with Crippen LogP contribution in [0.25, 0.3) is 0 Å². The molecule has 1 aromatic rings. The third-order valence-corrected chi connectivity index (χ3v) is 1.63. The summed E-state index contributed by atoms with van der Waals surface area (Å²) in [5.41, 5.74) is -1.71. The number of aromatic amines is 1.